The monoisotopic (exact) mass is 292 g/mol. The van der Waals surface area contributed by atoms with Crippen molar-refractivity contribution in [3.8, 4) is 0 Å². The van der Waals surface area contributed by atoms with Crippen molar-refractivity contribution in [2.75, 3.05) is 0 Å². The van der Waals surface area contributed by atoms with Gasteiger partial charge in [0, 0.05) is 4.88 Å². The first-order valence-corrected chi connectivity index (χ1v) is 6.30. The molecule has 1 aromatic heterocycles. The summed E-state index contributed by atoms with van der Waals surface area (Å²) in [7, 11) is 0. The standard InChI is InChI=1S/C13H9FN2O3S/c14-10-4-2-1-3-9(10)12(17)16-15-7-8-5-6-11(20-8)13(18)19/h1-7H,(H,16,17)(H,18,19)/b15-7+. The van der Waals surface area contributed by atoms with Gasteiger partial charge >= 0.3 is 5.97 Å². The summed E-state index contributed by atoms with van der Waals surface area (Å²) in [6, 6.07) is 8.54. The van der Waals surface area contributed by atoms with E-state index in [1.807, 2.05) is 0 Å². The summed E-state index contributed by atoms with van der Waals surface area (Å²) in [6.45, 7) is 0. The van der Waals surface area contributed by atoms with Gasteiger partial charge in [-0.25, -0.2) is 14.6 Å². The van der Waals surface area contributed by atoms with Crippen molar-refractivity contribution in [3.05, 3.63) is 57.5 Å². The Morgan fingerprint density at radius 1 is 1.25 bits per heavy atom. The summed E-state index contributed by atoms with van der Waals surface area (Å²) < 4.78 is 13.3. The second kappa shape index (κ2) is 6.07. The summed E-state index contributed by atoms with van der Waals surface area (Å²) >= 11 is 1.02. The molecule has 2 aromatic rings. The lowest BCUT2D eigenvalue weighted by atomic mass is 10.2. The Bertz CT molecular complexity index is 682. The zero-order valence-electron chi connectivity index (χ0n) is 10.0. The number of hydrogen-bond acceptors (Lipinski definition) is 4. The Hall–Kier alpha value is -2.54. The lowest BCUT2D eigenvalue weighted by Crippen LogP contribution is -2.18. The van der Waals surface area contributed by atoms with Crippen LogP contribution in [0.3, 0.4) is 0 Å². The maximum atomic E-state index is 13.3. The van der Waals surface area contributed by atoms with E-state index in [0.717, 1.165) is 11.3 Å². The number of halogens is 1. The molecule has 2 rings (SSSR count). The molecule has 5 nitrogen and oxygen atoms in total. The average Bonchev–Trinajstić information content (AvgIpc) is 2.88. The first-order chi connectivity index (χ1) is 9.58. The number of carbonyl (C=O) groups is 2. The van der Waals surface area contributed by atoms with E-state index >= 15 is 0 Å². The second-order valence-corrected chi connectivity index (χ2v) is 4.80. The van der Waals surface area contributed by atoms with Gasteiger partial charge in [-0.1, -0.05) is 12.1 Å². The van der Waals surface area contributed by atoms with Crippen LogP contribution in [0.25, 0.3) is 0 Å². The van der Waals surface area contributed by atoms with Gasteiger partial charge < -0.3 is 5.11 Å². The normalized spacial score (nSPS) is 10.7. The van der Waals surface area contributed by atoms with Gasteiger partial charge in [0.05, 0.1) is 11.8 Å². The first-order valence-electron chi connectivity index (χ1n) is 5.49. The molecule has 0 bridgehead atoms. The molecule has 0 unspecified atom stereocenters. The molecule has 1 aromatic carbocycles. The number of nitrogens with zero attached hydrogens (tertiary/aromatic N) is 1. The molecule has 1 heterocycles. The largest absolute Gasteiger partial charge is 0.477 e. The Kier molecular flexibility index (Phi) is 4.21. The molecule has 0 aliphatic heterocycles. The predicted octanol–water partition coefficient (Wildman–Crippen LogP) is 2.35. The second-order valence-electron chi connectivity index (χ2n) is 3.69. The van der Waals surface area contributed by atoms with Crippen molar-refractivity contribution < 1.29 is 19.1 Å². The highest BCUT2D eigenvalue weighted by Crippen LogP contribution is 2.14. The highest BCUT2D eigenvalue weighted by Gasteiger charge is 2.09. The van der Waals surface area contributed by atoms with E-state index in [9.17, 15) is 14.0 Å². The van der Waals surface area contributed by atoms with E-state index in [1.165, 1.54) is 30.5 Å². The molecule has 2 N–H and O–H groups in total. The van der Waals surface area contributed by atoms with Crippen LogP contribution in [0.15, 0.2) is 41.5 Å². The van der Waals surface area contributed by atoms with E-state index in [-0.39, 0.29) is 10.4 Å². The minimum Gasteiger partial charge on any atom is -0.477 e. The maximum Gasteiger partial charge on any atom is 0.345 e. The summed E-state index contributed by atoms with van der Waals surface area (Å²) in [5.74, 6) is -2.33. The predicted molar refractivity (Wildman–Crippen MR) is 72.7 cm³/mol. The van der Waals surface area contributed by atoms with Gasteiger partial charge in [0.2, 0.25) is 0 Å². The van der Waals surface area contributed by atoms with E-state index in [0.29, 0.717) is 4.88 Å². The van der Waals surface area contributed by atoms with Crippen LogP contribution in [-0.4, -0.2) is 23.2 Å². The molecular formula is C13H9FN2O3S. The summed E-state index contributed by atoms with van der Waals surface area (Å²) in [5, 5.41) is 12.4. The Morgan fingerprint density at radius 3 is 2.65 bits per heavy atom. The fraction of sp³-hybridized carbons (Fsp3) is 0. The molecule has 0 fully saturated rings. The Balaban J connectivity index is 2.01. The van der Waals surface area contributed by atoms with Crippen LogP contribution in [0, 0.1) is 5.82 Å². The van der Waals surface area contributed by atoms with Crippen LogP contribution in [-0.2, 0) is 0 Å². The highest BCUT2D eigenvalue weighted by atomic mass is 32.1. The van der Waals surface area contributed by atoms with Crippen LogP contribution in [0.1, 0.15) is 24.9 Å². The quantitative estimate of drug-likeness (QED) is 0.670. The van der Waals surface area contributed by atoms with Crippen molar-refractivity contribution in [3.63, 3.8) is 0 Å². The fourth-order valence-corrected chi connectivity index (χ4v) is 2.12. The summed E-state index contributed by atoms with van der Waals surface area (Å²) in [6.07, 6.45) is 1.30. The molecule has 0 saturated carbocycles. The van der Waals surface area contributed by atoms with Gasteiger partial charge in [0.25, 0.3) is 5.91 Å². The van der Waals surface area contributed by atoms with E-state index < -0.39 is 17.7 Å². The van der Waals surface area contributed by atoms with Gasteiger partial charge in [0.15, 0.2) is 0 Å². The number of carbonyl (C=O) groups excluding carboxylic acids is 1. The smallest absolute Gasteiger partial charge is 0.345 e. The van der Waals surface area contributed by atoms with Crippen LogP contribution < -0.4 is 5.43 Å². The molecule has 1 amide bonds. The van der Waals surface area contributed by atoms with Crippen molar-refractivity contribution in [2.24, 2.45) is 5.10 Å². The topological polar surface area (TPSA) is 78.8 Å². The SMILES string of the molecule is O=C(O)c1ccc(/C=N/NC(=O)c2ccccc2F)s1. The number of nitrogens with one attached hydrogen (secondary N) is 1. The van der Waals surface area contributed by atoms with E-state index in [2.05, 4.69) is 10.5 Å². The molecule has 0 radical (unpaired) electrons. The average molecular weight is 292 g/mol. The third-order valence-corrected chi connectivity index (χ3v) is 3.32. The molecular weight excluding hydrogens is 283 g/mol. The number of benzene rings is 1. The number of carboxylic acids is 1. The number of thiophene rings is 1. The van der Waals surface area contributed by atoms with Crippen molar-refractivity contribution >= 4 is 29.4 Å². The van der Waals surface area contributed by atoms with E-state index in [4.69, 9.17) is 5.11 Å². The van der Waals surface area contributed by atoms with Crippen molar-refractivity contribution in [1.29, 1.82) is 0 Å². The Labute approximate surface area is 117 Å². The molecule has 20 heavy (non-hydrogen) atoms. The fourth-order valence-electron chi connectivity index (χ4n) is 1.40. The lowest BCUT2D eigenvalue weighted by molar-refractivity contribution is 0.0702. The van der Waals surface area contributed by atoms with E-state index in [1.54, 1.807) is 12.1 Å². The third-order valence-electron chi connectivity index (χ3n) is 2.31. The van der Waals surface area contributed by atoms with Crippen LogP contribution in [0.2, 0.25) is 0 Å². The van der Waals surface area contributed by atoms with Crippen LogP contribution in [0.4, 0.5) is 4.39 Å². The van der Waals surface area contributed by atoms with Gasteiger partial charge in [-0.05, 0) is 24.3 Å². The molecule has 102 valence electrons. The lowest BCUT2D eigenvalue weighted by Gasteiger charge is -2.00. The van der Waals surface area contributed by atoms with Gasteiger partial charge in [-0.3, -0.25) is 4.79 Å². The molecule has 7 heteroatoms. The summed E-state index contributed by atoms with van der Waals surface area (Å²) in [4.78, 5) is 23.0. The van der Waals surface area contributed by atoms with Crippen LogP contribution >= 0.6 is 11.3 Å². The molecule has 0 aliphatic carbocycles. The number of amides is 1. The number of hydrogen-bond donors (Lipinski definition) is 2. The minimum atomic E-state index is -1.02. The highest BCUT2D eigenvalue weighted by molar-refractivity contribution is 7.15. The van der Waals surface area contributed by atoms with Crippen LogP contribution in [0.5, 0.6) is 0 Å². The third kappa shape index (κ3) is 3.27. The zero-order valence-corrected chi connectivity index (χ0v) is 10.9. The molecule has 0 aliphatic rings. The van der Waals surface area contributed by atoms with Gasteiger partial charge in [0.1, 0.15) is 10.7 Å². The number of rotatable bonds is 4. The minimum absolute atomic E-state index is 0.109. The number of hydrazone groups is 1. The van der Waals surface area contributed by atoms with Crippen molar-refractivity contribution in [1.82, 2.24) is 5.43 Å². The molecule has 0 atom stereocenters. The maximum absolute atomic E-state index is 13.3. The van der Waals surface area contributed by atoms with Crippen molar-refractivity contribution in [2.45, 2.75) is 0 Å². The molecule has 0 saturated heterocycles. The number of carboxylic acid groups (broad SMARTS) is 1. The van der Waals surface area contributed by atoms with Gasteiger partial charge in [-0.2, -0.15) is 5.10 Å². The number of aromatic carboxylic acids is 1. The first kappa shape index (κ1) is 13.9. The summed E-state index contributed by atoms with van der Waals surface area (Å²) in [5.41, 5.74) is 2.07. The Morgan fingerprint density at radius 2 is 2.00 bits per heavy atom. The zero-order chi connectivity index (χ0) is 14.5. The van der Waals surface area contributed by atoms with Gasteiger partial charge in [-0.15, -0.1) is 11.3 Å². The molecule has 0 spiro atoms.